The van der Waals surface area contributed by atoms with E-state index in [1.54, 1.807) is 13.8 Å². The minimum atomic E-state index is -1.31. The summed E-state index contributed by atoms with van der Waals surface area (Å²) < 4.78 is 16.7. The highest BCUT2D eigenvalue weighted by Gasteiger charge is 2.41. The molecule has 2 amide bonds. The SMILES string of the molecule is C=CCOC(=O)C[C@H](NC(=O)OCC1c2ccccc2-c2ccccc21)C(=O)N1CCC[C@H]1C(=O)OC(C)(C)c1ccccc1. The van der Waals surface area contributed by atoms with Gasteiger partial charge in [-0.2, -0.15) is 0 Å². The van der Waals surface area contributed by atoms with Crippen molar-refractivity contribution in [2.24, 2.45) is 0 Å². The second kappa shape index (κ2) is 13.8. The van der Waals surface area contributed by atoms with Crippen LogP contribution < -0.4 is 5.32 Å². The molecule has 0 spiro atoms. The van der Waals surface area contributed by atoms with Crippen LogP contribution in [0.1, 0.15) is 55.7 Å². The molecule has 1 saturated heterocycles. The lowest BCUT2D eigenvalue weighted by Crippen LogP contribution is -2.53. The molecule has 234 valence electrons. The largest absolute Gasteiger partial charge is 0.461 e. The summed E-state index contributed by atoms with van der Waals surface area (Å²) in [5, 5.41) is 2.58. The molecular formula is C36H38N2O7. The van der Waals surface area contributed by atoms with Crippen LogP contribution in [0.3, 0.4) is 0 Å². The zero-order chi connectivity index (χ0) is 32.0. The highest BCUT2D eigenvalue weighted by molar-refractivity contribution is 5.93. The summed E-state index contributed by atoms with van der Waals surface area (Å²) in [6.45, 7) is 7.39. The van der Waals surface area contributed by atoms with Gasteiger partial charge in [0.1, 0.15) is 30.9 Å². The van der Waals surface area contributed by atoms with Crippen LogP contribution in [0.15, 0.2) is 91.5 Å². The van der Waals surface area contributed by atoms with E-state index in [0.29, 0.717) is 12.8 Å². The molecule has 0 unspecified atom stereocenters. The predicted molar refractivity (Wildman–Crippen MR) is 168 cm³/mol. The quantitative estimate of drug-likeness (QED) is 0.174. The Hall–Kier alpha value is -4.92. The number of alkyl carbamates (subject to hydrolysis) is 1. The molecule has 3 aromatic rings. The molecule has 1 aliphatic carbocycles. The van der Waals surface area contributed by atoms with Gasteiger partial charge in [0.2, 0.25) is 5.91 Å². The van der Waals surface area contributed by atoms with Gasteiger partial charge in [0, 0.05) is 12.5 Å². The summed E-state index contributed by atoms with van der Waals surface area (Å²) in [5.41, 5.74) is 4.15. The summed E-state index contributed by atoms with van der Waals surface area (Å²) >= 11 is 0. The molecule has 2 atom stereocenters. The maximum absolute atomic E-state index is 13.8. The summed E-state index contributed by atoms with van der Waals surface area (Å²) in [5.74, 6) is -2.02. The van der Waals surface area contributed by atoms with Gasteiger partial charge in [-0.1, -0.05) is 91.5 Å². The van der Waals surface area contributed by atoms with E-state index in [1.807, 2.05) is 78.9 Å². The number of likely N-dealkylation sites (tertiary alicyclic amines) is 1. The Morgan fingerprint density at radius 1 is 0.933 bits per heavy atom. The van der Waals surface area contributed by atoms with Crippen molar-refractivity contribution in [3.05, 3.63) is 108 Å². The van der Waals surface area contributed by atoms with Gasteiger partial charge in [-0.25, -0.2) is 9.59 Å². The van der Waals surface area contributed by atoms with Crippen LogP contribution in [-0.4, -0.2) is 60.7 Å². The number of fused-ring (bicyclic) bond motifs is 3. The topological polar surface area (TPSA) is 111 Å². The predicted octanol–water partition coefficient (Wildman–Crippen LogP) is 5.48. The van der Waals surface area contributed by atoms with E-state index >= 15 is 0 Å². The summed E-state index contributed by atoms with van der Waals surface area (Å²) in [6, 6.07) is 23.1. The molecule has 1 aliphatic heterocycles. The Morgan fingerprint density at radius 3 is 2.20 bits per heavy atom. The molecule has 0 saturated carbocycles. The van der Waals surface area contributed by atoms with Gasteiger partial charge in [-0.15, -0.1) is 0 Å². The fourth-order valence-electron chi connectivity index (χ4n) is 6.05. The Labute approximate surface area is 263 Å². The maximum atomic E-state index is 13.8. The number of carbonyl (C=O) groups excluding carboxylic acids is 4. The molecule has 1 fully saturated rings. The molecule has 45 heavy (non-hydrogen) atoms. The van der Waals surface area contributed by atoms with Gasteiger partial charge in [0.25, 0.3) is 0 Å². The van der Waals surface area contributed by atoms with Gasteiger partial charge in [-0.3, -0.25) is 9.59 Å². The van der Waals surface area contributed by atoms with Crippen molar-refractivity contribution >= 4 is 23.9 Å². The van der Waals surface area contributed by atoms with Crippen molar-refractivity contribution < 1.29 is 33.4 Å². The van der Waals surface area contributed by atoms with E-state index in [2.05, 4.69) is 11.9 Å². The van der Waals surface area contributed by atoms with E-state index in [-0.39, 0.29) is 25.7 Å². The fraction of sp³-hybridized carbons (Fsp3) is 0.333. The molecule has 2 aliphatic rings. The first-order valence-corrected chi connectivity index (χ1v) is 15.2. The Bertz CT molecular complexity index is 1520. The number of carbonyl (C=O) groups is 4. The first-order valence-electron chi connectivity index (χ1n) is 15.2. The van der Waals surface area contributed by atoms with E-state index in [9.17, 15) is 19.2 Å². The molecular weight excluding hydrogens is 572 g/mol. The van der Waals surface area contributed by atoms with Crippen molar-refractivity contribution in [1.29, 1.82) is 0 Å². The van der Waals surface area contributed by atoms with Gasteiger partial charge in [0.15, 0.2) is 0 Å². The molecule has 1 N–H and O–H groups in total. The number of rotatable bonds is 11. The zero-order valence-corrected chi connectivity index (χ0v) is 25.6. The number of benzene rings is 3. The zero-order valence-electron chi connectivity index (χ0n) is 25.6. The first-order chi connectivity index (χ1) is 21.7. The average molecular weight is 611 g/mol. The van der Waals surface area contributed by atoms with Crippen molar-refractivity contribution in [3.8, 4) is 11.1 Å². The van der Waals surface area contributed by atoms with Crippen LogP contribution in [0.4, 0.5) is 4.79 Å². The third-order valence-electron chi connectivity index (χ3n) is 8.30. The summed E-state index contributed by atoms with van der Waals surface area (Å²) in [4.78, 5) is 54.3. The molecule has 1 heterocycles. The van der Waals surface area contributed by atoms with E-state index in [0.717, 1.165) is 27.8 Å². The standard InChI is InChI=1S/C36H38N2O7/c1-4-21-43-32(39)22-30(33(40)38-20-12-19-31(38)34(41)45-36(2,3)24-13-6-5-7-14-24)37-35(42)44-23-29-27-17-10-8-15-25(27)26-16-9-11-18-28(26)29/h4-11,13-18,29-31H,1,12,19-23H2,2-3H3,(H,37,42)/t30-,31-/m0/s1. The highest BCUT2D eigenvalue weighted by atomic mass is 16.6. The van der Waals surface area contributed by atoms with Crippen LogP contribution in [0.2, 0.25) is 0 Å². The number of nitrogens with one attached hydrogen (secondary N) is 1. The first kappa shape index (κ1) is 31.5. The number of nitrogens with zero attached hydrogens (tertiary/aromatic N) is 1. The molecule has 3 aromatic carbocycles. The molecule has 9 heteroatoms. The van der Waals surface area contributed by atoms with Crippen LogP contribution in [0.25, 0.3) is 11.1 Å². The number of esters is 2. The molecule has 5 rings (SSSR count). The lowest BCUT2D eigenvalue weighted by molar-refractivity contribution is -0.166. The fourth-order valence-corrected chi connectivity index (χ4v) is 6.05. The van der Waals surface area contributed by atoms with Gasteiger partial charge >= 0.3 is 18.0 Å². The molecule has 9 nitrogen and oxygen atoms in total. The smallest absolute Gasteiger partial charge is 0.407 e. The average Bonchev–Trinajstić information content (AvgIpc) is 3.66. The number of ether oxygens (including phenoxy) is 3. The van der Waals surface area contributed by atoms with Crippen molar-refractivity contribution in [2.75, 3.05) is 19.8 Å². The van der Waals surface area contributed by atoms with Crippen LogP contribution in [0.5, 0.6) is 0 Å². The Kier molecular flexibility index (Phi) is 9.66. The van der Waals surface area contributed by atoms with Crippen molar-refractivity contribution in [3.63, 3.8) is 0 Å². The second-order valence-corrected chi connectivity index (χ2v) is 11.7. The maximum Gasteiger partial charge on any atom is 0.407 e. The summed E-state index contributed by atoms with van der Waals surface area (Å²) in [7, 11) is 0. The Morgan fingerprint density at radius 2 is 1.56 bits per heavy atom. The minimum Gasteiger partial charge on any atom is -0.461 e. The third-order valence-corrected chi connectivity index (χ3v) is 8.30. The van der Waals surface area contributed by atoms with Crippen molar-refractivity contribution in [2.45, 2.75) is 56.7 Å². The van der Waals surface area contributed by atoms with E-state index in [1.165, 1.54) is 11.0 Å². The molecule has 0 bridgehead atoms. The normalized spacial score (nSPS) is 16.2. The van der Waals surface area contributed by atoms with E-state index in [4.69, 9.17) is 14.2 Å². The minimum absolute atomic E-state index is 0.0366. The number of hydrogen-bond donors (Lipinski definition) is 1. The Balaban J connectivity index is 1.28. The van der Waals surface area contributed by atoms with Crippen LogP contribution in [0, 0.1) is 0 Å². The number of hydrogen-bond acceptors (Lipinski definition) is 7. The van der Waals surface area contributed by atoms with Gasteiger partial charge < -0.3 is 24.4 Å². The summed E-state index contributed by atoms with van der Waals surface area (Å²) in [6.07, 6.45) is 1.08. The second-order valence-electron chi connectivity index (χ2n) is 11.7. The van der Waals surface area contributed by atoms with Gasteiger partial charge in [0.05, 0.1) is 6.42 Å². The monoisotopic (exact) mass is 610 g/mol. The van der Waals surface area contributed by atoms with Crippen molar-refractivity contribution in [1.82, 2.24) is 10.2 Å². The lowest BCUT2D eigenvalue weighted by atomic mass is 9.98. The lowest BCUT2D eigenvalue weighted by Gasteiger charge is -2.31. The van der Waals surface area contributed by atoms with Gasteiger partial charge in [-0.05, 0) is 54.5 Å². The third kappa shape index (κ3) is 7.09. The van der Waals surface area contributed by atoms with Crippen LogP contribution >= 0.6 is 0 Å². The molecule has 0 aromatic heterocycles. The highest BCUT2D eigenvalue weighted by Crippen LogP contribution is 2.44. The van der Waals surface area contributed by atoms with E-state index < -0.39 is 48.0 Å². The van der Waals surface area contributed by atoms with Crippen LogP contribution in [-0.2, 0) is 34.2 Å². The molecule has 0 radical (unpaired) electrons. The number of amides is 2.